The maximum absolute atomic E-state index is 13.1. The number of carbonyl (C=O) groups excluding carboxylic acids is 1. The lowest BCUT2D eigenvalue weighted by Gasteiger charge is -2.25. The average molecular weight is 399 g/mol. The number of sulfonamides is 1. The molecule has 2 aliphatic rings. The van der Waals surface area contributed by atoms with Crippen molar-refractivity contribution in [3.63, 3.8) is 0 Å². The van der Waals surface area contributed by atoms with E-state index in [1.807, 2.05) is 6.92 Å². The van der Waals surface area contributed by atoms with Crippen LogP contribution >= 0.6 is 11.6 Å². The normalized spacial score (nSPS) is 20.4. The van der Waals surface area contributed by atoms with Crippen LogP contribution in [-0.2, 0) is 10.0 Å². The number of carbonyl (C=O) groups is 1. The second-order valence-corrected chi connectivity index (χ2v) is 9.77. The smallest absolute Gasteiger partial charge is 0.253 e. The standard InChI is InChI=1S/C19H27ClN2O3S/c1-14(15-7-8-15)21(2)19(23)16-9-10-17(20)18(13-16)26(24,25)22-11-5-3-4-6-12-22/h9-10,13-15H,3-8,11-12H2,1-2H3. The molecule has 0 radical (unpaired) electrons. The summed E-state index contributed by atoms with van der Waals surface area (Å²) in [5.74, 6) is 0.393. The van der Waals surface area contributed by atoms with Crippen LogP contribution in [0.5, 0.6) is 0 Å². The van der Waals surface area contributed by atoms with Crippen molar-refractivity contribution in [1.82, 2.24) is 9.21 Å². The number of hydrogen-bond donors (Lipinski definition) is 0. The van der Waals surface area contributed by atoms with Crippen molar-refractivity contribution in [1.29, 1.82) is 0 Å². The lowest BCUT2D eigenvalue weighted by molar-refractivity contribution is 0.0727. The third-order valence-corrected chi connectivity index (χ3v) is 7.98. The SMILES string of the molecule is CC(C1CC1)N(C)C(=O)c1ccc(Cl)c(S(=O)(=O)N2CCCCCC2)c1. The molecular weight excluding hydrogens is 372 g/mol. The first-order valence-corrected chi connectivity index (χ1v) is 11.2. The second kappa shape index (κ2) is 7.87. The molecule has 0 spiro atoms. The maximum Gasteiger partial charge on any atom is 0.253 e. The van der Waals surface area contributed by atoms with E-state index >= 15 is 0 Å². The first-order valence-electron chi connectivity index (χ1n) is 9.39. The molecular formula is C19H27ClN2O3S. The molecule has 0 N–H and O–H groups in total. The van der Waals surface area contributed by atoms with Gasteiger partial charge in [-0.25, -0.2) is 8.42 Å². The first kappa shape index (κ1) is 19.6. The summed E-state index contributed by atoms with van der Waals surface area (Å²) in [5.41, 5.74) is 0.373. The number of amides is 1. The maximum atomic E-state index is 13.1. The summed E-state index contributed by atoms with van der Waals surface area (Å²) in [6, 6.07) is 4.74. The summed E-state index contributed by atoms with van der Waals surface area (Å²) in [6.07, 6.45) is 6.10. The van der Waals surface area contributed by atoms with Gasteiger partial charge < -0.3 is 4.90 Å². The minimum atomic E-state index is -3.69. The van der Waals surface area contributed by atoms with E-state index < -0.39 is 10.0 Å². The van der Waals surface area contributed by atoms with E-state index in [1.54, 1.807) is 18.0 Å². The monoisotopic (exact) mass is 398 g/mol. The predicted octanol–water partition coefficient (Wildman–Crippen LogP) is 3.78. The fourth-order valence-electron chi connectivity index (χ4n) is 3.54. The van der Waals surface area contributed by atoms with Gasteiger partial charge in [-0.15, -0.1) is 0 Å². The van der Waals surface area contributed by atoms with Gasteiger partial charge in [-0.1, -0.05) is 24.4 Å². The molecule has 1 aromatic carbocycles. The Hall–Kier alpha value is -1.11. The fraction of sp³-hybridized carbons (Fsp3) is 0.632. The highest BCUT2D eigenvalue weighted by Crippen LogP contribution is 2.35. The van der Waals surface area contributed by atoms with Crippen molar-refractivity contribution in [2.75, 3.05) is 20.1 Å². The predicted molar refractivity (Wildman–Crippen MR) is 103 cm³/mol. The molecule has 2 fully saturated rings. The topological polar surface area (TPSA) is 57.7 Å². The first-order chi connectivity index (χ1) is 12.3. The Morgan fingerprint density at radius 1 is 1.19 bits per heavy atom. The van der Waals surface area contributed by atoms with Crippen LogP contribution in [0.25, 0.3) is 0 Å². The van der Waals surface area contributed by atoms with Gasteiger partial charge in [0.1, 0.15) is 4.90 Å². The highest BCUT2D eigenvalue weighted by Gasteiger charge is 2.33. The van der Waals surface area contributed by atoms with Crippen LogP contribution in [0.1, 0.15) is 55.8 Å². The zero-order valence-electron chi connectivity index (χ0n) is 15.4. The highest BCUT2D eigenvalue weighted by atomic mass is 35.5. The summed E-state index contributed by atoms with van der Waals surface area (Å²) < 4.78 is 27.7. The van der Waals surface area contributed by atoms with Gasteiger partial charge in [-0.05, 0) is 56.7 Å². The summed E-state index contributed by atoms with van der Waals surface area (Å²) in [5, 5.41) is 0.170. The minimum Gasteiger partial charge on any atom is -0.339 e. The Morgan fingerprint density at radius 3 is 2.38 bits per heavy atom. The average Bonchev–Trinajstić information content (AvgIpc) is 3.46. The van der Waals surface area contributed by atoms with Gasteiger partial charge in [0.05, 0.1) is 5.02 Å². The Morgan fingerprint density at radius 2 is 1.81 bits per heavy atom. The zero-order valence-corrected chi connectivity index (χ0v) is 17.0. The Bertz CT molecular complexity index is 769. The highest BCUT2D eigenvalue weighted by molar-refractivity contribution is 7.89. The largest absolute Gasteiger partial charge is 0.339 e. The number of benzene rings is 1. The van der Waals surface area contributed by atoms with Crippen LogP contribution in [0.4, 0.5) is 0 Å². The fourth-order valence-corrected chi connectivity index (χ4v) is 5.56. The number of rotatable bonds is 5. The lowest BCUT2D eigenvalue weighted by atomic mass is 10.1. The van der Waals surface area contributed by atoms with E-state index in [1.165, 1.54) is 16.4 Å². The number of halogens is 1. The van der Waals surface area contributed by atoms with E-state index in [9.17, 15) is 13.2 Å². The number of hydrogen-bond acceptors (Lipinski definition) is 3. The van der Waals surface area contributed by atoms with Crippen molar-refractivity contribution >= 4 is 27.5 Å². The van der Waals surface area contributed by atoms with Gasteiger partial charge in [0.2, 0.25) is 10.0 Å². The molecule has 1 aromatic rings. The van der Waals surface area contributed by atoms with Gasteiger partial charge in [0.15, 0.2) is 0 Å². The molecule has 1 saturated carbocycles. The molecule has 1 heterocycles. The van der Waals surface area contributed by atoms with E-state index in [-0.39, 0.29) is 21.9 Å². The van der Waals surface area contributed by atoms with Crippen LogP contribution in [0.15, 0.2) is 23.1 Å². The van der Waals surface area contributed by atoms with Crippen LogP contribution in [-0.4, -0.2) is 49.7 Å². The second-order valence-electron chi connectivity index (χ2n) is 7.46. The van der Waals surface area contributed by atoms with E-state index in [0.717, 1.165) is 38.5 Å². The Balaban J connectivity index is 1.88. The summed E-state index contributed by atoms with van der Waals surface area (Å²) in [6.45, 7) is 3.06. The van der Waals surface area contributed by atoms with E-state index in [0.29, 0.717) is 24.6 Å². The molecule has 1 saturated heterocycles. The quantitative estimate of drug-likeness (QED) is 0.758. The van der Waals surface area contributed by atoms with Crippen LogP contribution in [0.3, 0.4) is 0 Å². The molecule has 1 unspecified atom stereocenters. The van der Waals surface area contributed by atoms with Crippen molar-refractivity contribution in [3.8, 4) is 0 Å². The molecule has 26 heavy (non-hydrogen) atoms. The van der Waals surface area contributed by atoms with Crippen LogP contribution in [0.2, 0.25) is 5.02 Å². The van der Waals surface area contributed by atoms with Crippen molar-refractivity contribution in [2.24, 2.45) is 5.92 Å². The zero-order chi connectivity index (χ0) is 18.9. The summed E-state index contributed by atoms with van der Waals surface area (Å²) >= 11 is 6.22. The van der Waals surface area contributed by atoms with Gasteiger partial charge in [0, 0.05) is 31.7 Å². The third-order valence-electron chi connectivity index (χ3n) is 5.60. The third kappa shape index (κ3) is 4.07. The van der Waals surface area contributed by atoms with Gasteiger partial charge in [-0.2, -0.15) is 4.31 Å². The molecule has 1 atom stereocenters. The lowest BCUT2D eigenvalue weighted by Crippen LogP contribution is -2.36. The Labute approximate surface area is 161 Å². The molecule has 3 rings (SSSR count). The van der Waals surface area contributed by atoms with Crippen LogP contribution < -0.4 is 0 Å². The van der Waals surface area contributed by atoms with Gasteiger partial charge in [0.25, 0.3) is 5.91 Å². The van der Waals surface area contributed by atoms with Gasteiger partial charge in [-0.3, -0.25) is 4.79 Å². The summed E-state index contributed by atoms with van der Waals surface area (Å²) in [4.78, 5) is 14.6. The molecule has 0 aromatic heterocycles. The molecule has 0 bridgehead atoms. The molecule has 1 amide bonds. The summed E-state index contributed by atoms with van der Waals surface area (Å²) in [7, 11) is -1.91. The molecule has 7 heteroatoms. The van der Waals surface area contributed by atoms with Gasteiger partial charge >= 0.3 is 0 Å². The van der Waals surface area contributed by atoms with Crippen LogP contribution in [0, 0.1) is 5.92 Å². The minimum absolute atomic E-state index is 0.0411. The molecule has 1 aliphatic carbocycles. The van der Waals surface area contributed by atoms with E-state index in [4.69, 9.17) is 11.6 Å². The number of nitrogens with zero attached hydrogens (tertiary/aromatic N) is 2. The van der Waals surface area contributed by atoms with Crippen molar-refractivity contribution in [2.45, 2.75) is 56.4 Å². The van der Waals surface area contributed by atoms with Crippen molar-refractivity contribution < 1.29 is 13.2 Å². The van der Waals surface area contributed by atoms with Crippen molar-refractivity contribution in [3.05, 3.63) is 28.8 Å². The van der Waals surface area contributed by atoms with E-state index in [2.05, 4.69) is 0 Å². The molecule has 144 valence electrons. The molecule has 1 aliphatic heterocycles. The Kier molecular flexibility index (Phi) is 5.94. The molecule has 5 nitrogen and oxygen atoms in total.